The minimum Gasteiger partial charge on any atom is -0.478 e. The third-order valence-electron chi connectivity index (χ3n) is 4.65. The first kappa shape index (κ1) is 18.5. The Morgan fingerprint density at radius 1 is 1.07 bits per heavy atom. The Kier molecular flexibility index (Phi) is 4.87. The lowest BCUT2D eigenvalue weighted by atomic mass is 9.93. The second-order valence-electron chi connectivity index (χ2n) is 6.34. The molecular weight excluding hydrogens is 354 g/mol. The van der Waals surface area contributed by atoms with E-state index in [2.05, 4.69) is 4.98 Å². The van der Waals surface area contributed by atoms with E-state index >= 15 is 0 Å². The molecule has 0 atom stereocenters. The van der Waals surface area contributed by atoms with Crippen LogP contribution in [0.5, 0.6) is 0 Å². The molecule has 1 aromatic carbocycles. The number of H-pyrrole nitrogens is 1. The number of nitrogens with one attached hydrogen (secondary N) is 1. The van der Waals surface area contributed by atoms with Crippen LogP contribution in [0.3, 0.4) is 0 Å². The molecule has 2 heterocycles. The van der Waals surface area contributed by atoms with Crippen LogP contribution in [0.2, 0.25) is 0 Å². The number of hydrogen-bond acceptors (Lipinski definition) is 6. The lowest BCUT2D eigenvalue weighted by Gasteiger charge is -2.33. The molecule has 0 aliphatic carbocycles. The molecule has 1 aliphatic heterocycles. The van der Waals surface area contributed by atoms with Crippen molar-refractivity contribution < 1.29 is 24.9 Å². The van der Waals surface area contributed by atoms with Gasteiger partial charge in [0.15, 0.2) is 0 Å². The summed E-state index contributed by atoms with van der Waals surface area (Å²) >= 11 is 0. The maximum absolute atomic E-state index is 12.2. The van der Waals surface area contributed by atoms with Gasteiger partial charge in [0.2, 0.25) is 0 Å². The van der Waals surface area contributed by atoms with E-state index in [0.717, 1.165) is 0 Å². The number of anilines is 2. The zero-order valence-electron chi connectivity index (χ0n) is 14.3. The monoisotopic (exact) mass is 373 g/mol. The number of nitrogens with two attached hydrogens (primary N) is 1. The highest BCUT2D eigenvalue weighted by molar-refractivity contribution is 6.08. The van der Waals surface area contributed by atoms with Crippen molar-refractivity contribution in [2.24, 2.45) is 0 Å². The molecular formula is C18H19N3O6. The normalized spacial score (nSPS) is 14.9. The van der Waals surface area contributed by atoms with Crippen molar-refractivity contribution in [3.8, 4) is 11.1 Å². The molecule has 0 spiro atoms. The van der Waals surface area contributed by atoms with Gasteiger partial charge in [-0.2, -0.15) is 0 Å². The fraction of sp³-hybridized carbons (Fsp3) is 0.278. The number of aromatic carboxylic acids is 2. The van der Waals surface area contributed by atoms with Crippen molar-refractivity contribution in [2.45, 2.75) is 18.9 Å². The summed E-state index contributed by atoms with van der Waals surface area (Å²) in [5, 5.41) is 28.9. The van der Waals surface area contributed by atoms with Crippen molar-refractivity contribution in [3.63, 3.8) is 0 Å². The highest BCUT2D eigenvalue weighted by Gasteiger charge is 2.29. The molecule has 1 fully saturated rings. The molecule has 1 aromatic heterocycles. The summed E-state index contributed by atoms with van der Waals surface area (Å²) in [7, 11) is 0. The Labute approximate surface area is 153 Å². The Hall–Kier alpha value is -3.33. The van der Waals surface area contributed by atoms with E-state index in [0.29, 0.717) is 37.2 Å². The lowest BCUT2D eigenvalue weighted by Crippen LogP contribution is -2.36. The SMILES string of the molecule is Nc1[nH]c(=O)c(C(=O)O)c(-c2ccccc2N2CCC(O)CC2)c1C(=O)O. The van der Waals surface area contributed by atoms with E-state index in [9.17, 15) is 29.7 Å². The Morgan fingerprint density at radius 2 is 1.67 bits per heavy atom. The van der Waals surface area contributed by atoms with Crippen LogP contribution in [0.25, 0.3) is 11.1 Å². The molecule has 6 N–H and O–H groups in total. The molecule has 1 aliphatic rings. The molecule has 9 heteroatoms. The van der Waals surface area contributed by atoms with Gasteiger partial charge in [0.1, 0.15) is 16.9 Å². The van der Waals surface area contributed by atoms with Gasteiger partial charge >= 0.3 is 11.9 Å². The van der Waals surface area contributed by atoms with Gasteiger partial charge in [-0.3, -0.25) is 4.79 Å². The number of nitrogens with zero attached hydrogens (tertiary/aromatic N) is 1. The van der Waals surface area contributed by atoms with Crippen LogP contribution in [0.15, 0.2) is 29.1 Å². The largest absolute Gasteiger partial charge is 0.478 e. The first-order chi connectivity index (χ1) is 12.8. The van der Waals surface area contributed by atoms with E-state index in [1.165, 1.54) is 0 Å². The average molecular weight is 373 g/mol. The fourth-order valence-corrected chi connectivity index (χ4v) is 3.38. The van der Waals surface area contributed by atoms with Gasteiger partial charge in [-0.15, -0.1) is 0 Å². The van der Waals surface area contributed by atoms with Crippen molar-refractivity contribution in [3.05, 3.63) is 45.7 Å². The number of aliphatic hydroxyl groups excluding tert-OH is 1. The average Bonchev–Trinajstić information content (AvgIpc) is 2.61. The second-order valence-corrected chi connectivity index (χ2v) is 6.34. The summed E-state index contributed by atoms with van der Waals surface area (Å²) in [5.41, 5.74) is 4.25. The number of carboxylic acid groups (broad SMARTS) is 2. The van der Waals surface area contributed by atoms with Crippen molar-refractivity contribution in [1.82, 2.24) is 4.98 Å². The zero-order valence-corrected chi connectivity index (χ0v) is 14.3. The number of nitrogen functional groups attached to an aromatic ring is 1. The molecule has 0 bridgehead atoms. The van der Waals surface area contributed by atoms with E-state index in [1.807, 2.05) is 4.90 Å². The number of para-hydroxylation sites is 1. The number of pyridine rings is 1. The van der Waals surface area contributed by atoms with Gasteiger partial charge in [0.25, 0.3) is 5.56 Å². The molecule has 2 aromatic rings. The Bertz CT molecular complexity index is 960. The van der Waals surface area contributed by atoms with Crippen LogP contribution in [-0.4, -0.2) is 51.4 Å². The van der Waals surface area contributed by atoms with E-state index in [-0.39, 0.29) is 5.56 Å². The number of aliphatic hydroxyl groups is 1. The number of aromatic nitrogens is 1. The van der Waals surface area contributed by atoms with E-state index in [4.69, 9.17) is 5.73 Å². The third-order valence-corrected chi connectivity index (χ3v) is 4.65. The summed E-state index contributed by atoms with van der Waals surface area (Å²) in [6, 6.07) is 6.66. The lowest BCUT2D eigenvalue weighted by molar-refractivity contribution is 0.0695. The van der Waals surface area contributed by atoms with Gasteiger partial charge in [-0.1, -0.05) is 18.2 Å². The fourth-order valence-electron chi connectivity index (χ4n) is 3.38. The van der Waals surface area contributed by atoms with Crippen molar-refractivity contribution >= 4 is 23.4 Å². The molecule has 3 rings (SSSR count). The molecule has 0 unspecified atom stereocenters. The third kappa shape index (κ3) is 3.36. The van der Waals surface area contributed by atoms with Gasteiger partial charge < -0.3 is 30.9 Å². The molecule has 142 valence electrons. The highest BCUT2D eigenvalue weighted by atomic mass is 16.4. The minimum atomic E-state index is -1.54. The molecule has 0 amide bonds. The van der Waals surface area contributed by atoms with Gasteiger partial charge in [0, 0.05) is 29.9 Å². The first-order valence-electron chi connectivity index (χ1n) is 8.36. The van der Waals surface area contributed by atoms with Crippen LogP contribution in [0, 0.1) is 0 Å². The molecule has 0 saturated carbocycles. The summed E-state index contributed by atoms with van der Waals surface area (Å²) in [5.74, 6) is -3.39. The first-order valence-corrected chi connectivity index (χ1v) is 8.36. The van der Waals surface area contributed by atoms with E-state index < -0.39 is 40.5 Å². The number of benzene rings is 1. The molecule has 9 nitrogen and oxygen atoms in total. The predicted octanol–water partition coefficient (Wildman–Crippen LogP) is 0.982. The summed E-state index contributed by atoms with van der Waals surface area (Å²) in [6.45, 7) is 1.03. The molecule has 0 radical (unpaired) electrons. The topological polar surface area (TPSA) is 157 Å². The number of aromatic amines is 1. The van der Waals surface area contributed by atoms with Crippen LogP contribution >= 0.6 is 0 Å². The molecule has 1 saturated heterocycles. The number of hydrogen-bond donors (Lipinski definition) is 5. The summed E-state index contributed by atoms with van der Waals surface area (Å²) < 4.78 is 0. The maximum atomic E-state index is 12.2. The minimum absolute atomic E-state index is 0.224. The predicted molar refractivity (Wildman–Crippen MR) is 98.3 cm³/mol. The smallest absolute Gasteiger partial charge is 0.342 e. The zero-order chi connectivity index (χ0) is 19.7. The Morgan fingerprint density at radius 3 is 2.26 bits per heavy atom. The van der Waals surface area contributed by atoms with Crippen molar-refractivity contribution in [1.29, 1.82) is 0 Å². The molecule has 27 heavy (non-hydrogen) atoms. The van der Waals surface area contributed by atoms with Gasteiger partial charge in [0.05, 0.1) is 6.10 Å². The van der Waals surface area contributed by atoms with Crippen LogP contribution in [0.4, 0.5) is 11.5 Å². The Balaban J connectivity index is 2.30. The summed E-state index contributed by atoms with van der Waals surface area (Å²) in [6.07, 6.45) is 0.653. The standard InChI is InChI=1S/C18H19N3O6/c19-15-13(17(24)25)12(14(18(26)27)16(23)20-15)10-3-1-2-4-11(10)21-7-5-9(22)6-8-21/h1-4,9,22H,5-8H2,(H,24,25)(H,26,27)(H3,19,20,23). The highest BCUT2D eigenvalue weighted by Crippen LogP contribution is 2.37. The number of piperidine rings is 1. The van der Waals surface area contributed by atoms with Crippen LogP contribution in [-0.2, 0) is 0 Å². The van der Waals surface area contributed by atoms with Crippen LogP contribution < -0.4 is 16.2 Å². The quantitative estimate of drug-likeness (QED) is 0.531. The van der Waals surface area contributed by atoms with Gasteiger partial charge in [-0.05, 0) is 18.9 Å². The number of carboxylic acids is 2. The van der Waals surface area contributed by atoms with E-state index in [1.54, 1.807) is 24.3 Å². The van der Waals surface area contributed by atoms with Crippen LogP contribution in [0.1, 0.15) is 33.6 Å². The number of rotatable bonds is 4. The van der Waals surface area contributed by atoms with Crippen molar-refractivity contribution in [2.75, 3.05) is 23.7 Å². The second kappa shape index (κ2) is 7.12. The van der Waals surface area contributed by atoms with Gasteiger partial charge in [-0.25, -0.2) is 9.59 Å². The number of carbonyl (C=O) groups is 2. The maximum Gasteiger partial charge on any atom is 0.342 e. The summed E-state index contributed by atoms with van der Waals surface area (Å²) in [4.78, 5) is 39.8.